The van der Waals surface area contributed by atoms with Gasteiger partial charge in [0.25, 0.3) is 0 Å². The number of carbonyl (C=O) groups is 1. The van der Waals surface area contributed by atoms with E-state index in [1.54, 1.807) is 0 Å². The maximum Gasteiger partial charge on any atom is 0.220 e. The molecule has 0 aromatic heterocycles. The van der Waals surface area contributed by atoms with E-state index < -0.39 is 0 Å². The highest BCUT2D eigenvalue weighted by molar-refractivity contribution is 5.75. The van der Waals surface area contributed by atoms with Gasteiger partial charge in [-0.05, 0) is 45.7 Å². The maximum absolute atomic E-state index is 11.7. The van der Waals surface area contributed by atoms with Gasteiger partial charge in [-0.2, -0.15) is 0 Å². The molecule has 0 fully saturated rings. The second kappa shape index (κ2) is 17.5. The maximum atomic E-state index is 11.7. The van der Waals surface area contributed by atoms with Crippen LogP contribution >= 0.6 is 0 Å². The molecule has 0 atom stereocenters. The van der Waals surface area contributed by atoms with Gasteiger partial charge in [0, 0.05) is 26.1 Å². The van der Waals surface area contributed by atoms with Gasteiger partial charge in [-0.1, -0.05) is 38.2 Å². The number of likely N-dealkylation sites (N-methyl/N-ethyl adjacent to an activating group) is 1. The van der Waals surface area contributed by atoms with Crippen LogP contribution in [0.25, 0.3) is 0 Å². The minimum absolute atomic E-state index is 0.181. The van der Waals surface area contributed by atoms with E-state index in [9.17, 15) is 4.79 Å². The van der Waals surface area contributed by atoms with Gasteiger partial charge in [0.05, 0.1) is 0 Å². The smallest absolute Gasteiger partial charge is 0.220 e. The van der Waals surface area contributed by atoms with Gasteiger partial charge >= 0.3 is 0 Å². The molecule has 0 aromatic carbocycles. The summed E-state index contributed by atoms with van der Waals surface area (Å²) in [7, 11) is 2.12. The highest BCUT2D eigenvalue weighted by atomic mass is 16.2. The normalized spacial score (nSPS) is 10.9. The van der Waals surface area contributed by atoms with E-state index in [0.29, 0.717) is 13.0 Å². The van der Waals surface area contributed by atoms with Crippen molar-refractivity contribution >= 4 is 5.91 Å². The molecule has 0 aliphatic heterocycles. The van der Waals surface area contributed by atoms with E-state index in [0.717, 1.165) is 58.2 Å². The molecule has 2 N–H and O–H groups in total. The quantitative estimate of drug-likeness (QED) is 0.318. The zero-order chi connectivity index (χ0) is 17.2. The van der Waals surface area contributed by atoms with E-state index in [2.05, 4.69) is 23.8 Å². The Morgan fingerprint density at radius 2 is 1.65 bits per heavy atom. The summed E-state index contributed by atoms with van der Waals surface area (Å²) in [4.78, 5) is 14.0. The number of amides is 1. The number of rotatable bonds is 17. The Morgan fingerprint density at radius 3 is 2.35 bits per heavy atom. The largest absolute Gasteiger partial charge is 0.396 e. The molecule has 0 saturated heterocycles. The molecule has 136 valence electrons. The molecule has 23 heavy (non-hydrogen) atoms. The molecule has 1 amide bonds. The van der Waals surface area contributed by atoms with Crippen molar-refractivity contribution in [2.24, 2.45) is 0 Å². The number of nitrogens with one attached hydrogen (secondary N) is 1. The van der Waals surface area contributed by atoms with Gasteiger partial charge in [-0.3, -0.25) is 4.79 Å². The van der Waals surface area contributed by atoms with Gasteiger partial charge in [-0.15, -0.1) is 6.58 Å². The monoisotopic (exact) mass is 326 g/mol. The molecule has 0 aliphatic rings. The Morgan fingerprint density at radius 1 is 1.00 bits per heavy atom. The minimum atomic E-state index is 0.181. The first-order valence-corrected chi connectivity index (χ1v) is 9.37. The predicted molar refractivity (Wildman–Crippen MR) is 98.6 cm³/mol. The third kappa shape index (κ3) is 17.3. The summed E-state index contributed by atoms with van der Waals surface area (Å²) in [6, 6.07) is 0. The van der Waals surface area contributed by atoms with Crippen molar-refractivity contribution in [2.75, 3.05) is 33.3 Å². The van der Waals surface area contributed by atoms with E-state index in [4.69, 9.17) is 5.11 Å². The molecule has 0 spiro atoms. The number of hydrogen-bond donors (Lipinski definition) is 2. The summed E-state index contributed by atoms with van der Waals surface area (Å²) >= 11 is 0. The lowest BCUT2D eigenvalue weighted by molar-refractivity contribution is -0.121. The van der Waals surface area contributed by atoms with Gasteiger partial charge in [0.15, 0.2) is 0 Å². The molecule has 0 saturated carbocycles. The summed E-state index contributed by atoms with van der Waals surface area (Å²) in [5.41, 5.74) is 0. The van der Waals surface area contributed by atoms with Gasteiger partial charge in [0.2, 0.25) is 5.91 Å². The number of aliphatic hydroxyl groups excluding tert-OH is 1. The Bertz CT molecular complexity index is 283. The van der Waals surface area contributed by atoms with Crippen molar-refractivity contribution in [3.63, 3.8) is 0 Å². The lowest BCUT2D eigenvalue weighted by Crippen LogP contribution is -2.33. The van der Waals surface area contributed by atoms with E-state index >= 15 is 0 Å². The molecule has 0 unspecified atom stereocenters. The number of nitrogens with zero attached hydrogens (tertiary/aromatic N) is 1. The van der Waals surface area contributed by atoms with Crippen molar-refractivity contribution in [1.82, 2.24) is 10.2 Å². The second-order valence-electron chi connectivity index (χ2n) is 6.39. The third-order valence-electron chi connectivity index (χ3n) is 4.08. The average molecular weight is 327 g/mol. The van der Waals surface area contributed by atoms with Crippen molar-refractivity contribution in [2.45, 2.75) is 70.6 Å². The first kappa shape index (κ1) is 22.1. The SMILES string of the molecule is C=CCCCCCC(=O)NCCN(C)CCCCCCCCO. The van der Waals surface area contributed by atoms with E-state index in [1.165, 1.54) is 25.7 Å². The highest BCUT2D eigenvalue weighted by Crippen LogP contribution is 2.05. The first-order valence-electron chi connectivity index (χ1n) is 9.37. The van der Waals surface area contributed by atoms with Crippen LogP contribution in [0.5, 0.6) is 0 Å². The third-order valence-corrected chi connectivity index (χ3v) is 4.08. The highest BCUT2D eigenvalue weighted by Gasteiger charge is 2.02. The van der Waals surface area contributed by atoms with Crippen molar-refractivity contribution in [3.05, 3.63) is 12.7 Å². The lowest BCUT2D eigenvalue weighted by Gasteiger charge is -2.16. The van der Waals surface area contributed by atoms with E-state index in [-0.39, 0.29) is 5.91 Å². The van der Waals surface area contributed by atoms with Crippen LogP contribution in [0.15, 0.2) is 12.7 Å². The molecule has 4 nitrogen and oxygen atoms in total. The Balaban J connectivity index is 3.32. The Labute approximate surface area is 143 Å². The fourth-order valence-corrected chi connectivity index (χ4v) is 2.54. The van der Waals surface area contributed by atoms with Crippen LogP contribution in [-0.2, 0) is 4.79 Å². The standard InChI is InChI=1S/C19H38N2O2/c1-3-4-5-8-11-14-19(23)20-15-17-21(2)16-12-9-6-7-10-13-18-22/h3,22H,1,4-18H2,2H3,(H,20,23). The summed E-state index contributed by atoms with van der Waals surface area (Å²) in [5.74, 6) is 0.181. The van der Waals surface area contributed by atoms with Crippen molar-refractivity contribution in [1.29, 1.82) is 0 Å². The number of carbonyl (C=O) groups excluding carboxylic acids is 1. The Hall–Kier alpha value is -0.870. The molecule has 0 heterocycles. The lowest BCUT2D eigenvalue weighted by atomic mass is 10.1. The van der Waals surface area contributed by atoms with Crippen LogP contribution in [0, 0.1) is 0 Å². The summed E-state index contributed by atoms with van der Waals surface area (Å²) in [6.45, 7) is 6.79. The summed E-state index contributed by atoms with van der Waals surface area (Å²) in [6.07, 6.45) is 13.9. The van der Waals surface area contributed by atoms with Gasteiger partial charge in [0.1, 0.15) is 0 Å². The Kier molecular flexibility index (Phi) is 16.8. The summed E-state index contributed by atoms with van der Waals surface area (Å²) in [5, 5.41) is 11.7. The predicted octanol–water partition coefficient (Wildman–Crippen LogP) is 3.50. The fraction of sp³-hybridized carbons (Fsp3) is 0.842. The second-order valence-corrected chi connectivity index (χ2v) is 6.39. The van der Waals surface area contributed by atoms with E-state index in [1.807, 2.05) is 6.08 Å². The zero-order valence-electron chi connectivity index (χ0n) is 15.2. The number of aliphatic hydroxyl groups is 1. The minimum Gasteiger partial charge on any atom is -0.396 e. The van der Waals surface area contributed by atoms with Crippen LogP contribution in [0.4, 0.5) is 0 Å². The molecule has 0 bridgehead atoms. The van der Waals surface area contributed by atoms with Crippen molar-refractivity contribution < 1.29 is 9.90 Å². The summed E-state index contributed by atoms with van der Waals surface area (Å²) < 4.78 is 0. The van der Waals surface area contributed by atoms with Gasteiger partial charge < -0.3 is 15.3 Å². The molecule has 0 aromatic rings. The number of hydrogen-bond acceptors (Lipinski definition) is 3. The molecule has 0 rings (SSSR count). The number of unbranched alkanes of at least 4 members (excludes halogenated alkanes) is 8. The fourth-order valence-electron chi connectivity index (χ4n) is 2.54. The van der Waals surface area contributed by atoms with Crippen LogP contribution in [0.3, 0.4) is 0 Å². The molecule has 0 aliphatic carbocycles. The molecule has 0 radical (unpaired) electrons. The van der Waals surface area contributed by atoms with Crippen LogP contribution in [0.1, 0.15) is 70.6 Å². The molecule has 4 heteroatoms. The zero-order valence-corrected chi connectivity index (χ0v) is 15.2. The van der Waals surface area contributed by atoms with Crippen molar-refractivity contribution in [3.8, 4) is 0 Å². The van der Waals surface area contributed by atoms with Crippen LogP contribution < -0.4 is 5.32 Å². The number of allylic oxidation sites excluding steroid dienone is 1. The topological polar surface area (TPSA) is 52.6 Å². The average Bonchev–Trinajstić information content (AvgIpc) is 2.54. The first-order chi connectivity index (χ1) is 11.2. The van der Waals surface area contributed by atoms with Gasteiger partial charge in [-0.25, -0.2) is 0 Å². The van der Waals surface area contributed by atoms with Crippen LogP contribution in [-0.4, -0.2) is 49.2 Å². The molecular formula is C19H38N2O2. The molecular weight excluding hydrogens is 288 g/mol. The van der Waals surface area contributed by atoms with Crippen LogP contribution in [0.2, 0.25) is 0 Å².